The van der Waals surface area contributed by atoms with Gasteiger partial charge in [-0.2, -0.15) is 0 Å². The lowest BCUT2D eigenvalue weighted by atomic mass is 10.1. The zero-order valence-corrected chi connectivity index (χ0v) is 11.4. The Hall–Kier alpha value is -1.72. The molecule has 1 aromatic rings. The molecule has 0 aromatic heterocycles. The summed E-state index contributed by atoms with van der Waals surface area (Å²) in [5.41, 5.74) is 5.36. The van der Waals surface area contributed by atoms with Crippen molar-refractivity contribution in [2.24, 2.45) is 4.99 Å². The van der Waals surface area contributed by atoms with Gasteiger partial charge in [0.15, 0.2) is 11.8 Å². The Morgan fingerprint density at radius 3 is 2.42 bits per heavy atom. The highest BCUT2D eigenvalue weighted by Crippen LogP contribution is 2.04. The second-order valence-corrected chi connectivity index (χ2v) is 4.15. The number of benzene rings is 1. The van der Waals surface area contributed by atoms with Crippen molar-refractivity contribution in [1.29, 1.82) is 0 Å². The van der Waals surface area contributed by atoms with Crippen LogP contribution in [0.25, 0.3) is 0 Å². The molecule has 0 saturated heterocycles. The number of hydrogen-bond acceptors (Lipinski definition) is 3. The highest BCUT2D eigenvalue weighted by molar-refractivity contribution is 5.84. The molecule has 1 atom stereocenters. The summed E-state index contributed by atoms with van der Waals surface area (Å²) in [6.45, 7) is 1.67. The maximum atomic E-state index is 10.7. The van der Waals surface area contributed by atoms with Gasteiger partial charge in [-0.15, -0.1) is 0 Å². The molecule has 0 bridgehead atoms. The minimum absolute atomic E-state index is 0. The fourth-order valence-electron chi connectivity index (χ4n) is 1.39. The van der Waals surface area contributed by atoms with Crippen molar-refractivity contribution < 1.29 is 32.8 Å². The van der Waals surface area contributed by atoms with Crippen LogP contribution >= 0.6 is 0 Å². The molecule has 104 valence electrons. The number of Topliss-reactive ketones (excluding diaryl/α,β-unsaturated/α-hetero) is 1. The van der Waals surface area contributed by atoms with Crippen molar-refractivity contribution in [3.63, 3.8) is 0 Å². The monoisotopic (exact) mass is 284 g/mol. The Labute approximate surface area is 117 Å². The third-order valence-corrected chi connectivity index (χ3v) is 2.37. The summed E-state index contributed by atoms with van der Waals surface area (Å²) in [6.07, 6.45) is 2.03. The van der Waals surface area contributed by atoms with Gasteiger partial charge in [-0.3, -0.25) is 9.79 Å². The van der Waals surface area contributed by atoms with Crippen molar-refractivity contribution in [2.45, 2.75) is 19.4 Å². The van der Waals surface area contributed by atoms with Crippen molar-refractivity contribution >= 4 is 18.0 Å². The molecule has 0 spiro atoms. The maximum absolute atomic E-state index is 10.7. The van der Waals surface area contributed by atoms with E-state index in [1.165, 1.54) is 6.92 Å². The second kappa shape index (κ2) is 8.39. The van der Waals surface area contributed by atoms with E-state index in [2.05, 4.69) is 10.7 Å². The van der Waals surface area contributed by atoms with E-state index in [9.17, 15) is 9.59 Å². The topological polar surface area (TPSA) is 94.4 Å². The normalized spacial score (nSPS) is 11.9. The maximum Gasteiger partial charge on any atom is 0.362 e. The molecule has 6 heteroatoms. The molecule has 1 aromatic carbocycles. The number of carbonyl (C=O) groups is 2. The van der Waals surface area contributed by atoms with Crippen LogP contribution in [0.15, 0.2) is 29.3 Å². The summed E-state index contributed by atoms with van der Waals surface area (Å²) in [5.74, 6) is -0.883. The predicted octanol–water partition coefficient (Wildman–Crippen LogP) is -3.06. The molecule has 0 aliphatic heterocycles. The van der Waals surface area contributed by atoms with Crippen molar-refractivity contribution in [3.8, 4) is 0 Å². The largest absolute Gasteiger partial charge is 1.00 e. The van der Waals surface area contributed by atoms with Crippen LogP contribution in [0.3, 0.4) is 0 Å². The Morgan fingerprint density at radius 1 is 1.37 bits per heavy atom. The van der Waals surface area contributed by atoms with E-state index in [1.54, 1.807) is 6.21 Å². The summed E-state index contributed by atoms with van der Waals surface area (Å²) in [7, 11) is 0. The first-order valence-electron chi connectivity index (χ1n) is 5.63. The number of nitrogens with zero attached hydrogens (tertiary/aromatic N) is 1. The molecule has 5 nitrogen and oxygen atoms in total. The summed E-state index contributed by atoms with van der Waals surface area (Å²) < 4.78 is 0. The fraction of sp³-hybridized carbons (Fsp3) is 0.308. The first kappa shape index (κ1) is 17.3. The molecule has 1 rings (SSSR count). The molecule has 0 aliphatic carbocycles. The summed E-state index contributed by atoms with van der Waals surface area (Å²) in [5, 5.41) is 8.75. The van der Waals surface area contributed by atoms with E-state index in [0.717, 1.165) is 11.1 Å². The van der Waals surface area contributed by atoms with E-state index in [4.69, 9.17) is 5.11 Å². The number of ketones is 1. The second-order valence-electron chi connectivity index (χ2n) is 4.15. The number of carboxylic acids is 1. The zero-order chi connectivity index (χ0) is 13.5. The average Bonchev–Trinajstić information content (AvgIpc) is 2.30. The number of rotatable bonds is 6. The van der Waals surface area contributed by atoms with Gasteiger partial charge < -0.3 is 23.2 Å². The number of aliphatic imine (C=N–C) groups is 1. The van der Waals surface area contributed by atoms with Gasteiger partial charge in [0.2, 0.25) is 0 Å². The van der Waals surface area contributed by atoms with Gasteiger partial charge in [-0.25, -0.2) is 4.79 Å². The van der Waals surface area contributed by atoms with Crippen LogP contribution in [0.5, 0.6) is 0 Å². The van der Waals surface area contributed by atoms with Gasteiger partial charge >= 0.3 is 5.97 Å². The lowest BCUT2D eigenvalue weighted by molar-refractivity contribution is -0.407. The summed E-state index contributed by atoms with van der Waals surface area (Å²) in [4.78, 5) is 25.3. The number of hydrogen-bond donors (Lipinski definition) is 2. The molecular formula is C13H17ClN2O3. The van der Waals surface area contributed by atoms with Gasteiger partial charge in [-0.05, 0) is 18.1 Å². The molecular weight excluding hydrogens is 268 g/mol. The summed E-state index contributed by atoms with van der Waals surface area (Å²) >= 11 is 0. The number of halogens is 1. The van der Waals surface area contributed by atoms with Crippen LogP contribution < -0.4 is 18.1 Å². The van der Waals surface area contributed by atoms with Crippen LogP contribution in [0, 0.1) is 0 Å². The lowest BCUT2D eigenvalue weighted by Crippen LogP contribution is -3.00. The molecule has 19 heavy (non-hydrogen) atoms. The average molecular weight is 285 g/mol. The first-order valence-corrected chi connectivity index (χ1v) is 5.63. The van der Waals surface area contributed by atoms with Crippen LogP contribution in [0.2, 0.25) is 0 Å². The van der Waals surface area contributed by atoms with Crippen molar-refractivity contribution in [2.75, 3.05) is 6.54 Å². The number of carbonyl (C=O) groups excluding carboxylic acids is 1. The first-order chi connectivity index (χ1) is 8.49. The molecule has 0 fully saturated rings. The summed E-state index contributed by atoms with van der Waals surface area (Å²) in [6, 6.07) is 6.73. The Balaban J connectivity index is 0.00000324. The van der Waals surface area contributed by atoms with Gasteiger partial charge in [-0.1, -0.05) is 24.3 Å². The number of quaternary nitrogens is 1. The minimum atomic E-state index is -0.901. The molecule has 0 aliphatic rings. The van der Waals surface area contributed by atoms with E-state index >= 15 is 0 Å². The van der Waals surface area contributed by atoms with Gasteiger partial charge in [0.25, 0.3) is 0 Å². The molecule has 0 amide bonds. The molecule has 0 radical (unpaired) electrons. The van der Waals surface area contributed by atoms with Crippen LogP contribution in [-0.4, -0.2) is 35.7 Å². The Morgan fingerprint density at radius 2 is 1.95 bits per heavy atom. The van der Waals surface area contributed by atoms with Crippen molar-refractivity contribution in [3.05, 3.63) is 35.4 Å². The van der Waals surface area contributed by atoms with E-state index in [-0.39, 0.29) is 24.7 Å². The third-order valence-electron chi connectivity index (χ3n) is 2.37. The highest BCUT2D eigenvalue weighted by atomic mass is 35.5. The Bertz CT molecular complexity index is 457. The quantitative estimate of drug-likeness (QED) is 0.543. The zero-order valence-electron chi connectivity index (χ0n) is 10.7. The lowest BCUT2D eigenvalue weighted by Gasteiger charge is -2.03. The van der Waals surface area contributed by atoms with E-state index in [1.807, 2.05) is 24.3 Å². The SMILES string of the molecule is CC(=O)CN=Cc1ccc(CC([NH3+])C(=O)O)cc1.[Cl-]. The Kier molecular flexibility index (Phi) is 7.63. The molecule has 0 heterocycles. The third kappa shape index (κ3) is 6.69. The fourth-order valence-corrected chi connectivity index (χ4v) is 1.39. The van der Waals surface area contributed by atoms with Gasteiger partial charge in [0.1, 0.15) is 0 Å². The van der Waals surface area contributed by atoms with Gasteiger partial charge in [0.05, 0.1) is 6.54 Å². The van der Waals surface area contributed by atoms with Crippen LogP contribution in [-0.2, 0) is 16.0 Å². The van der Waals surface area contributed by atoms with Crippen molar-refractivity contribution in [1.82, 2.24) is 0 Å². The highest BCUT2D eigenvalue weighted by Gasteiger charge is 2.15. The predicted molar refractivity (Wildman–Crippen MR) is 67.6 cm³/mol. The molecule has 1 unspecified atom stereocenters. The standard InChI is InChI=1S/C13H16N2O3.ClH/c1-9(16)7-15-8-11-4-2-10(3-5-11)6-12(14)13(17)18;/h2-5,8,12H,6-7,14H2,1H3,(H,17,18);1H. The molecule has 4 N–H and O–H groups in total. The van der Waals surface area contributed by atoms with E-state index < -0.39 is 12.0 Å². The van der Waals surface area contributed by atoms with Crippen LogP contribution in [0.1, 0.15) is 18.1 Å². The van der Waals surface area contributed by atoms with E-state index in [0.29, 0.717) is 6.42 Å². The number of aliphatic carboxylic acids is 1. The minimum Gasteiger partial charge on any atom is -1.00 e. The number of carboxylic acid groups (broad SMARTS) is 1. The van der Waals surface area contributed by atoms with Gasteiger partial charge in [0, 0.05) is 12.6 Å². The van der Waals surface area contributed by atoms with Crippen LogP contribution in [0.4, 0.5) is 0 Å². The smallest absolute Gasteiger partial charge is 0.362 e. The molecule has 0 saturated carbocycles.